The summed E-state index contributed by atoms with van der Waals surface area (Å²) in [6, 6.07) is 22.6. The van der Waals surface area contributed by atoms with Crippen LogP contribution < -0.4 is 5.32 Å². The Labute approximate surface area is 160 Å². The van der Waals surface area contributed by atoms with Gasteiger partial charge in [0.15, 0.2) is 0 Å². The smallest absolute Gasteiger partial charge is 0.270 e. The number of rotatable bonds is 4. The molecule has 28 heavy (non-hydrogen) atoms. The van der Waals surface area contributed by atoms with E-state index >= 15 is 0 Å². The van der Waals surface area contributed by atoms with Gasteiger partial charge < -0.3 is 5.32 Å². The molecule has 0 saturated heterocycles. The molecular formula is C22H15N3O3. The van der Waals surface area contributed by atoms with E-state index in [0.29, 0.717) is 22.3 Å². The van der Waals surface area contributed by atoms with Gasteiger partial charge in [0.1, 0.15) is 0 Å². The Morgan fingerprint density at radius 2 is 1.71 bits per heavy atom. The molecule has 4 rings (SSSR count). The average molecular weight is 369 g/mol. The lowest BCUT2D eigenvalue weighted by molar-refractivity contribution is -0.384. The van der Waals surface area contributed by atoms with E-state index in [2.05, 4.69) is 10.3 Å². The highest BCUT2D eigenvalue weighted by Gasteiger charge is 2.18. The van der Waals surface area contributed by atoms with E-state index in [-0.39, 0.29) is 11.6 Å². The lowest BCUT2D eigenvalue weighted by Crippen LogP contribution is -2.14. The van der Waals surface area contributed by atoms with Crippen LogP contribution >= 0.6 is 0 Å². The quantitative estimate of drug-likeness (QED) is 0.402. The minimum Gasteiger partial charge on any atom is -0.320 e. The maximum Gasteiger partial charge on any atom is 0.270 e. The van der Waals surface area contributed by atoms with Gasteiger partial charge in [-0.15, -0.1) is 0 Å². The number of fused-ring (bicyclic) bond motifs is 1. The Morgan fingerprint density at radius 1 is 0.929 bits per heavy atom. The Bertz CT molecular complexity index is 1180. The monoisotopic (exact) mass is 369 g/mol. The number of aromatic nitrogens is 1. The number of pyridine rings is 1. The normalized spacial score (nSPS) is 10.6. The molecule has 0 fully saturated rings. The number of para-hydroxylation sites is 1. The van der Waals surface area contributed by atoms with Crippen molar-refractivity contribution in [1.82, 2.24) is 4.98 Å². The fourth-order valence-corrected chi connectivity index (χ4v) is 3.10. The molecule has 0 atom stereocenters. The van der Waals surface area contributed by atoms with Crippen LogP contribution in [0.4, 0.5) is 11.4 Å². The van der Waals surface area contributed by atoms with E-state index in [0.717, 1.165) is 10.9 Å². The van der Waals surface area contributed by atoms with E-state index in [4.69, 9.17) is 0 Å². The number of carbonyl (C=O) groups is 1. The van der Waals surface area contributed by atoms with Crippen molar-refractivity contribution in [3.63, 3.8) is 0 Å². The first-order valence-electron chi connectivity index (χ1n) is 8.62. The van der Waals surface area contributed by atoms with E-state index in [1.54, 1.807) is 12.3 Å². The third-order valence-electron chi connectivity index (χ3n) is 4.42. The van der Waals surface area contributed by atoms with Crippen LogP contribution in [-0.2, 0) is 0 Å². The summed E-state index contributed by atoms with van der Waals surface area (Å²) in [5.74, 6) is -0.355. The molecule has 6 heteroatoms. The summed E-state index contributed by atoms with van der Waals surface area (Å²) < 4.78 is 0. The molecule has 0 saturated carbocycles. The van der Waals surface area contributed by atoms with Crippen molar-refractivity contribution < 1.29 is 9.72 Å². The predicted molar refractivity (Wildman–Crippen MR) is 108 cm³/mol. The average Bonchev–Trinajstić information content (AvgIpc) is 2.74. The summed E-state index contributed by atoms with van der Waals surface area (Å²) in [5, 5.41) is 15.0. The lowest BCUT2D eigenvalue weighted by atomic mass is 9.98. The molecule has 0 aliphatic rings. The molecule has 1 amide bonds. The number of hydrogen-bond acceptors (Lipinski definition) is 4. The van der Waals surface area contributed by atoms with Crippen LogP contribution in [0.5, 0.6) is 0 Å². The predicted octanol–water partition coefficient (Wildman–Crippen LogP) is 5.06. The second-order valence-corrected chi connectivity index (χ2v) is 6.19. The SMILES string of the molecule is O=C(Nc1cccc2cccnc12)c1ccc([N+](=O)[O-])cc1-c1ccccc1. The highest BCUT2D eigenvalue weighted by Crippen LogP contribution is 2.29. The minimum atomic E-state index is -0.469. The number of non-ortho nitro benzene ring substituents is 1. The van der Waals surface area contributed by atoms with E-state index in [9.17, 15) is 14.9 Å². The van der Waals surface area contributed by atoms with Gasteiger partial charge in [0, 0.05) is 34.8 Å². The van der Waals surface area contributed by atoms with Crippen LogP contribution in [0.15, 0.2) is 85.1 Å². The first-order chi connectivity index (χ1) is 13.6. The van der Waals surface area contributed by atoms with E-state index in [1.165, 1.54) is 18.2 Å². The summed E-state index contributed by atoms with van der Waals surface area (Å²) in [5.41, 5.74) is 2.78. The van der Waals surface area contributed by atoms with Crippen molar-refractivity contribution in [2.24, 2.45) is 0 Å². The van der Waals surface area contributed by atoms with Gasteiger partial charge in [-0.2, -0.15) is 0 Å². The van der Waals surface area contributed by atoms with Crippen LogP contribution in [0.3, 0.4) is 0 Å². The zero-order chi connectivity index (χ0) is 19.5. The number of amides is 1. The summed E-state index contributed by atoms with van der Waals surface area (Å²) in [7, 11) is 0. The molecule has 0 radical (unpaired) electrons. The molecule has 0 aliphatic heterocycles. The van der Waals surface area contributed by atoms with Gasteiger partial charge in [-0.05, 0) is 23.8 Å². The number of nitrogens with zero attached hydrogens (tertiary/aromatic N) is 2. The molecule has 3 aromatic carbocycles. The Balaban J connectivity index is 1.78. The van der Waals surface area contributed by atoms with Gasteiger partial charge in [-0.1, -0.05) is 48.5 Å². The summed E-state index contributed by atoms with van der Waals surface area (Å²) in [4.78, 5) is 28.1. The molecule has 0 aliphatic carbocycles. The number of nitro groups is 1. The maximum absolute atomic E-state index is 13.0. The van der Waals surface area contributed by atoms with Gasteiger partial charge in [0.2, 0.25) is 0 Å². The minimum absolute atomic E-state index is 0.0674. The van der Waals surface area contributed by atoms with Crippen LogP contribution in [0.2, 0.25) is 0 Å². The molecule has 0 spiro atoms. The number of anilines is 1. The van der Waals surface area contributed by atoms with Crippen molar-refractivity contribution in [2.75, 3.05) is 5.32 Å². The van der Waals surface area contributed by atoms with E-state index < -0.39 is 4.92 Å². The first kappa shape index (κ1) is 17.4. The number of carbonyl (C=O) groups excluding carboxylic acids is 1. The Morgan fingerprint density at radius 3 is 2.50 bits per heavy atom. The second kappa shape index (κ2) is 7.28. The highest BCUT2D eigenvalue weighted by molar-refractivity contribution is 6.11. The van der Waals surface area contributed by atoms with Crippen molar-refractivity contribution in [3.05, 3.63) is 101 Å². The molecule has 136 valence electrons. The van der Waals surface area contributed by atoms with Gasteiger partial charge in [0.05, 0.1) is 16.1 Å². The topological polar surface area (TPSA) is 85.1 Å². The summed E-state index contributed by atoms with van der Waals surface area (Å²) in [6.45, 7) is 0. The van der Waals surface area contributed by atoms with E-state index in [1.807, 2.05) is 54.6 Å². The molecule has 1 aromatic heterocycles. The number of benzene rings is 3. The van der Waals surface area contributed by atoms with Crippen LogP contribution in [0.1, 0.15) is 10.4 Å². The molecule has 6 nitrogen and oxygen atoms in total. The van der Waals surface area contributed by atoms with Crippen molar-refractivity contribution >= 4 is 28.2 Å². The Hall–Kier alpha value is -4.06. The van der Waals surface area contributed by atoms with Gasteiger partial charge >= 0.3 is 0 Å². The fourth-order valence-electron chi connectivity index (χ4n) is 3.10. The molecule has 4 aromatic rings. The highest BCUT2D eigenvalue weighted by atomic mass is 16.6. The zero-order valence-electron chi connectivity index (χ0n) is 14.7. The lowest BCUT2D eigenvalue weighted by Gasteiger charge is -2.12. The molecule has 1 heterocycles. The van der Waals surface area contributed by atoms with Crippen LogP contribution in [-0.4, -0.2) is 15.8 Å². The van der Waals surface area contributed by atoms with Gasteiger partial charge in [0.25, 0.3) is 11.6 Å². The van der Waals surface area contributed by atoms with Crippen molar-refractivity contribution in [2.45, 2.75) is 0 Å². The second-order valence-electron chi connectivity index (χ2n) is 6.19. The molecule has 1 N–H and O–H groups in total. The summed E-state index contributed by atoms with van der Waals surface area (Å²) in [6.07, 6.45) is 1.67. The number of nitro benzene ring substituents is 1. The molecular weight excluding hydrogens is 354 g/mol. The maximum atomic E-state index is 13.0. The third kappa shape index (κ3) is 3.31. The fraction of sp³-hybridized carbons (Fsp3) is 0. The zero-order valence-corrected chi connectivity index (χ0v) is 14.7. The largest absolute Gasteiger partial charge is 0.320 e. The molecule has 0 bridgehead atoms. The summed E-state index contributed by atoms with van der Waals surface area (Å²) >= 11 is 0. The van der Waals surface area contributed by atoms with Crippen LogP contribution in [0, 0.1) is 10.1 Å². The van der Waals surface area contributed by atoms with Crippen molar-refractivity contribution in [1.29, 1.82) is 0 Å². The number of hydrogen-bond donors (Lipinski definition) is 1. The number of nitrogens with one attached hydrogen (secondary N) is 1. The van der Waals surface area contributed by atoms with Crippen LogP contribution in [0.25, 0.3) is 22.0 Å². The van der Waals surface area contributed by atoms with Crippen molar-refractivity contribution in [3.8, 4) is 11.1 Å². The van der Waals surface area contributed by atoms with Gasteiger partial charge in [-0.25, -0.2) is 0 Å². The third-order valence-corrected chi connectivity index (χ3v) is 4.42. The Kier molecular flexibility index (Phi) is 4.51. The first-order valence-corrected chi connectivity index (χ1v) is 8.62. The van der Waals surface area contributed by atoms with Gasteiger partial charge in [-0.3, -0.25) is 19.9 Å². The molecule has 0 unspecified atom stereocenters. The standard InChI is InChI=1S/C22H15N3O3/c26-22(24-20-10-4-8-16-9-5-13-23-21(16)20)18-12-11-17(25(27)28)14-19(18)15-6-2-1-3-7-15/h1-14H,(H,24,26).